The number of alkyl halides is 3. The molecule has 0 heterocycles. The minimum absolute atomic E-state index is 0.121. The van der Waals surface area contributed by atoms with Crippen molar-refractivity contribution in [3.05, 3.63) is 38.9 Å². The lowest BCUT2D eigenvalue weighted by atomic mass is 9.99. The maximum atomic E-state index is 12.6. The Morgan fingerprint density at radius 2 is 1.94 bits per heavy atom. The van der Waals surface area contributed by atoms with Gasteiger partial charge in [0, 0.05) is 5.56 Å². The van der Waals surface area contributed by atoms with Crippen molar-refractivity contribution in [2.24, 2.45) is 0 Å². The molecule has 1 aromatic rings. The number of Topliss-reactive ketones (excluding diaryl/α,β-unsaturated/α-hetero) is 1. The molecule has 0 bridgehead atoms. The van der Waals surface area contributed by atoms with Crippen molar-refractivity contribution in [3.63, 3.8) is 0 Å². The van der Waals surface area contributed by atoms with Gasteiger partial charge in [-0.1, -0.05) is 0 Å². The monoisotopic (exact) mass is 261 g/mol. The number of aldehydes is 1. The van der Waals surface area contributed by atoms with Gasteiger partial charge in [-0.25, -0.2) is 0 Å². The summed E-state index contributed by atoms with van der Waals surface area (Å²) < 4.78 is 37.7. The lowest BCUT2D eigenvalue weighted by Gasteiger charge is -2.10. The number of nitrogens with zero attached hydrogens (tertiary/aromatic N) is 1. The minimum atomic E-state index is -4.98. The summed E-state index contributed by atoms with van der Waals surface area (Å²) in [6.07, 6.45) is -5.10. The highest BCUT2D eigenvalue weighted by molar-refractivity contribution is 6.04. The van der Waals surface area contributed by atoms with Crippen LogP contribution in [-0.4, -0.2) is 17.0 Å². The molecule has 96 valence electrons. The summed E-state index contributed by atoms with van der Waals surface area (Å²) in [5.41, 5.74) is -4.23. The van der Waals surface area contributed by atoms with Gasteiger partial charge >= 0.3 is 6.18 Å². The molecular formula is C10H6F3NO4. The fourth-order valence-electron chi connectivity index (χ4n) is 1.46. The van der Waals surface area contributed by atoms with Gasteiger partial charge in [-0.05, 0) is 19.1 Å². The average Bonchev–Trinajstić information content (AvgIpc) is 2.25. The van der Waals surface area contributed by atoms with Crippen molar-refractivity contribution in [1.29, 1.82) is 0 Å². The maximum absolute atomic E-state index is 12.6. The first-order chi connectivity index (χ1) is 8.20. The van der Waals surface area contributed by atoms with Crippen molar-refractivity contribution < 1.29 is 27.7 Å². The molecule has 0 unspecified atom stereocenters. The number of nitro groups is 1. The Balaban J connectivity index is 3.75. The number of carbonyl (C=O) groups is 2. The van der Waals surface area contributed by atoms with Gasteiger partial charge in [0.15, 0.2) is 12.1 Å². The molecule has 0 aliphatic rings. The van der Waals surface area contributed by atoms with Crippen LogP contribution in [0, 0.1) is 10.1 Å². The molecule has 0 aromatic heterocycles. The van der Waals surface area contributed by atoms with Crippen molar-refractivity contribution in [2.45, 2.75) is 13.1 Å². The van der Waals surface area contributed by atoms with Crippen LogP contribution in [0.1, 0.15) is 33.2 Å². The second kappa shape index (κ2) is 4.55. The Labute approximate surface area is 98.4 Å². The molecular weight excluding hydrogens is 255 g/mol. The third-order valence-electron chi connectivity index (χ3n) is 2.20. The van der Waals surface area contributed by atoms with Crippen molar-refractivity contribution in [2.75, 3.05) is 0 Å². The summed E-state index contributed by atoms with van der Waals surface area (Å²) in [6, 6.07) is 1.17. The first-order valence-corrected chi connectivity index (χ1v) is 4.54. The lowest BCUT2D eigenvalue weighted by molar-refractivity contribution is -0.388. The third kappa shape index (κ3) is 2.36. The predicted octanol–water partition coefficient (Wildman–Crippen LogP) is 2.63. The molecule has 1 rings (SSSR count). The van der Waals surface area contributed by atoms with Gasteiger partial charge in [0.2, 0.25) is 0 Å². The Kier molecular flexibility index (Phi) is 3.49. The van der Waals surface area contributed by atoms with E-state index < -0.39 is 39.3 Å². The molecule has 8 heteroatoms. The van der Waals surface area contributed by atoms with Gasteiger partial charge in [0.05, 0.1) is 4.92 Å². The van der Waals surface area contributed by atoms with E-state index in [1.54, 1.807) is 0 Å². The highest BCUT2D eigenvalue weighted by atomic mass is 19.4. The largest absolute Gasteiger partial charge is 0.423 e. The first-order valence-electron chi connectivity index (χ1n) is 4.54. The van der Waals surface area contributed by atoms with Gasteiger partial charge in [0.25, 0.3) is 5.69 Å². The maximum Gasteiger partial charge on any atom is 0.423 e. The van der Waals surface area contributed by atoms with Crippen LogP contribution >= 0.6 is 0 Å². The Hall–Kier alpha value is -2.25. The number of carbonyl (C=O) groups excluding carboxylic acids is 2. The summed E-state index contributed by atoms with van der Waals surface area (Å²) in [5, 5.41) is 10.7. The van der Waals surface area contributed by atoms with Crippen LogP contribution in [0.2, 0.25) is 0 Å². The van der Waals surface area contributed by atoms with Crippen LogP contribution in [0.4, 0.5) is 18.9 Å². The van der Waals surface area contributed by atoms with Crippen LogP contribution < -0.4 is 0 Å². The van der Waals surface area contributed by atoms with Crippen LogP contribution in [0.5, 0.6) is 0 Å². The van der Waals surface area contributed by atoms with E-state index >= 15 is 0 Å². The SMILES string of the molecule is CC(=O)c1ccc(C(F)(F)F)c([N+](=O)[O-])c1C=O. The zero-order valence-corrected chi connectivity index (χ0v) is 8.95. The Bertz CT molecular complexity index is 537. The average molecular weight is 261 g/mol. The molecule has 18 heavy (non-hydrogen) atoms. The number of ketones is 1. The van der Waals surface area contributed by atoms with Gasteiger partial charge in [-0.2, -0.15) is 13.2 Å². The smallest absolute Gasteiger partial charge is 0.298 e. The molecule has 0 atom stereocenters. The van der Waals surface area contributed by atoms with Gasteiger partial charge in [0.1, 0.15) is 11.1 Å². The van der Waals surface area contributed by atoms with E-state index in [9.17, 15) is 32.9 Å². The number of hydrogen-bond donors (Lipinski definition) is 0. The van der Waals surface area contributed by atoms with Crippen LogP contribution in [-0.2, 0) is 6.18 Å². The number of nitro benzene ring substituents is 1. The van der Waals surface area contributed by atoms with E-state index in [0.29, 0.717) is 6.07 Å². The summed E-state index contributed by atoms with van der Waals surface area (Å²) in [6.45, 7) is 0.999. The topological polar surface area (TPSA) is 77.3 Å². The molecule has 0 spiro atoms. The molecule has 0 amide bonds. The van der Waals surface area contributed by atoms with Crippen LogP contribution in [0.3, 0.4) is 0 Å². The van der Waals surface area contributed by atoms with Gasteiger partial charge in [-0.3, -0.25) is 19.7 Å². The highest BCUT2D eigenvalue weighted by Crippen LogP contribution is 2.38. The number of hydrogen-bond acceptors (Lipinski definition) is 4. The highest BCUT2D eigenvalue weighted by Gasteiger charge is 2.40. The van der Waals surface area contributed by atoms with Crippen molar-refractivity contribution in [1.82, 2.24) is 0 Å². The second-order valence-corrected chi connectivity index (χ2v) is 3.35. The first kappa shape index (κ1) is 13.8. The van der Waals surface area contributed by atoms with Gasteiger partial charge in [-0.15, -0.1) is 0 Å². The van der Waals surface area contributed by atoms with Crippen molar-refractivity contribution in [3.8, 4) is 0 Å². The Morgan fingerprint density at radius 3 is 2.28 bits per heavy atom. The summed E-state index contributed by atoms with van der Waals surface area (Å²) in [5.74, 6) is -0.728. The predicted molar refractivity (Wildman–Crippen MR) is 53.5 cm³/mol. The third-order valence-corrected chi connectivity index (χ3v) is 2.20. The van der Waals surface area contributed by atoms with Gasteiger partial charge < -0.3 is 0 Å². The minimum Gasteiger partial charge on any atom is -0.298 e. The van der Waals surface area contributed by atoms with Crippen molar-refractivity contribution >= 4 is 17.8 Å². The molecule has 0 N–H and O–H groups in total. The van der Waals surface area contributed by atoms with E-state index in [2.05, 4.69) is 0 Å². The van der Waals surface area contributed by atoms with E-state index in [0.717, 1.165) is 13.0 Å². The molecule has 0 saturated heterocycles. The van der Waals surface area contributed by atoms with E-state index in [1.165, 1.54) is 0 Å². The number of halogens is 3. The molecule has 0 aliphatic carbocycles. The van der Waals surface area contributed by atoms with E-state index in [1.807, 2.05) is 0 Å². The summed E-state index contributed by atoms with van der Waals surface area (Å²) in [7, 11) is 0. The zero-order valence-electron chi connectivity index (χ0n) is 8.95. The molecule has 1 aromatic carbocycles. The molecule has 0 fully saturated rings. The molecule has 0 aliphatic heterocycles. The fourth-order valence-corrected chi connectivity index (χ4v) is 1.46. The lowest BCUT2D eigenvalue weighted by Crippen LogP contribution is -2.13. The van der Waals surface area contributed by atoms with Crippen LogP contribution in [0.15, 0.2) is 12.1 Å². The second-order valence-electron chi connectivity index (χ2n) is 3.35. The van der Waals surface area contributed by atoms with E-state index in [4.69, 9.17) is 0 Å². The molecule has 0 saturated carbocycles. The quantitative estimate of drug-likeness (QED) is 0.362. The standard InChI is InChI=1S/C10H6F3NO4/c1-5(16)6-2-3-8(10(11,12)13)9(14(17)18)7(6)4-15/h2-4H,1H3. The summed E-state index contributed by atoms with van der Waals surface area (Å²) in [4.78, 5) is 31.1. The fraction of sp³-hybridized carbons (Fsp3) is 0.200. The summed E-state index contributed by atoms with van der Waals surface area (Å²) >= 11 is 0. The number of benzene rings is 1. The zero-order chi connectivity index (χ0) is 14.1. The molecule has 5 nitrogen and oxygen atoms in total. The van der Waals surface area contributed by atoms with E-state index in [-0.39, 0.29) is 6.29 Å². The molecule has 0 radical (unpaired) electrons. The van der Waals surface area contributed by atoms with Crippen LogP contribution in [0.25, 0.3) is 0 Å². The number of rotatable bonds is 3. The Morgan fingerprint density at radius 1 is 1.39 bits per heavy atom. The normalized spacial score (nSPS) is 11.1.